The number of alkyl halides is 3. The zero-order valence-electron chi connectivity index (χ0n) is 24.5. The van der Waals surface area contributed by atoms with Crippen molar-refractivity contribution < 1.29 is 37.4 Å². The van der Waals surface area contributed by atoms with E-state index in [1.165, 1.54) is 12.1 Å². The Kier molecular flexibility index (Phi) is 7.41. The Morgan fingerprint density at radius 2 is 1.80 bits per heavy atom. The van der Waals surface area contributed by atoms with Crippen LogP contribution in [0.2, 0.25) is 0 Å². The molecule has 1 N–H and O–H groups in total. The van der Waals surface area contributed by atoms with E-state index in [0.717, 1.165) is 27.5 Å². The number of carbonyl (C=O) groups is 1. The van der Waals surface area contributed by atoms with Crippen LogP contribution in [-0.4, -0.2) is 67.1 Å². The molecule has 0 amide bonds. The topological polar surface area (TPSA) is 124 Å². The van der Waals surface area contributed by atoms with Crippen molar-refractivity contribution in [2.75, 3.05) is 13.1 Å². The molecule has 1 aromatic heterocycles. The Hall–Kier alpha value is -4.36. The number of likely N-dealkylation sites (tertiary alicyclic amines) is 1. The fraction of sp³-hybridized carbons (Fsp3) is 0.500. The molecule has 3 aliphatic heterocycles. The number of hydrogen-bond acceptors (Lipinski definition) is 9. The van der Waals surface area contributed by atoms with Gasteiger partial charge in [-0.25, -0.2) is 4.79 Å². The van der Waals surface area contributed by atoms with Crippen molar-refractivity contribution in [1.82, 2.24) is 25.1 Å². The van der Waals surface area contributed by atoms with Crippen LogP contribution in [0.3, 0.4) is 0 Å². The lowest BCUT2D eigenvalue weighted by Crippen LogP contribution is -2.51. The Morgan fingerprint density at radius 3 is 2.45 bits per heavy atom. The predicted molar refractivity (Wildman–Crippen MR) is 150 cm³/mol. The number of halogens is 3. The first-order chi connectivity index (χ1) is 20.8. The van der Waals surface area contributed by atoms with Gasteiger partial charge in [-0.05, 0) is 40.8 Å². The number of ether oxygens (including phenoxy) is 2. The number of piperidine rings is 1. The van der Waals surface area contributed by atoms with E-state index < -0.39 is 35.5 Å². The van der Waals surface area contributed by atoms with Gasteiger partial charge in [0.2, 0.25) is 5.82 Å². The number of hydrogen-bond donors (Lipinski definition) is 1. The highest BCUT2D eigenvalue weighted by Gasteiger charge is 2.45. The summed E-state index contributed by atoms with van der Waals surface area (Å²) < 4.78 is 48.8. The molecule has 3 atom stereocenters. The van der Waals surface area contributed by atoms with Crippen molar-refractivity contribution >= 4 is 11.8 Å². The average molecular weight is 615 g/mol. The number of oxime groups is 1. The van der Waals surface area contributed by atoms with E-state index in [4.69, 9.17) is 9.57 Å². The van der Waals surface area contributed by atoms with Crippen LogP contribution in [0.4, 0.5) is 13.2 Å². The second-order valence-electron chi connectivity index (χ2n) is 12.6. The van der Waals surface area contributed by atoms with E-state index in [-0.39, 0.29) is 17.5 Å². The van der Waals surface area contributed by atoms with E-state index >= 15 is 0 Å². The number of fused-ring (bicyclic) bond motifs is 1. The summed E-state index contributed by atoms with van der Waals surface area (Å²) in [6.45, 7) is 6.71. The monoisotopic (exact) mass is 614 g/mol. The maximum Gasteiger partial charge on any atom is 0.573 e. The Labute approximate surface area is 251 Å². The predicted octanol–water partition coefficient (Wildman–Crippen LogP) is 5.47. The molecule has 3 aliphatic rings. The van der Waals surface area contributed by atoms with E-state index in [1.54, 1.807) is 32.9 Å². The number of tetrazole rings is 1. The number of rotatable bonds is 5. The maximum atomic E-state index is 12.7. The fourth-order valence-corrected chi connectivity index (χ4v) is 6.28. The first-order valence-electron chi connectivity index (χ1n) is 14.4. The van der Waals surface area contributed by atoms with Crippen LogP contribution in [-0.2, 0) is 9.63 Å². The first-order valence-corrected chi connectivity index (χ1v) is 14.4. The summed E-state index contributed by atoms with van der Waals surface area (Å²) in [7, 11) is 0. The molecule has 0 radical (unpaired) electrons. The number of carboxylic acids is 1. The Morgan fingerprint density at radius 1 is 1.09 bits per heavy atom. The van der Waals surface area contributed by atoms with Gasteiger partial charge in [-0.15, -0.1) is 28.2 Å². The quantitative estimate of drug-likeness (QED) is 0.399. The smallest absolute Gasteiger partial charge is 0.487 e. The third kappa shape index (κ3) is 6.02. The van der Waals surface area contributed by atoms with Gasteiger partial charge in [-0.3, -0.25) is 0 Å². The second-order valence-corrected chi connectivity index (χ2v) is 12.6. The van der Waals surface area contributed by atoms with Gasteiger partial charge < -0.3 is 24.3 Å². The normalized spacial score (nSPS) is 22.0. The summed E-state index contributed by atoms with van der Waals surface area (Å²) >= 11 is 0. The molecule has 1 saturated heterocycles. The highest BCUT2D eigenvalue weighted by molar-refractivity contribution is 5.83. The minimum Gasteiger partial charge on any atom is -0.487 e. The molecule has 0 saturated carbocycles. The van der Waals surface area contributed by atoms with Gasteiger partial charge in [0.25, 0.3) is 0 Å². The van der Waals surface area contributed by atoms with E-state index in [2.05, 4.69) is 30.2 Å². The summed E-state index contributed by atoms with van der Waals surface area (Å²) in [5, 5.41) is 26.4. The molecule has 2 aromatic carbocycles. The van der Waals surface area contributed by atoms with Crippen molar-refractivity contribution in [3.05, 3.63) is 65.5 Å². The zero-order valence-corrected chi connectivity index (χ0v) is 24.5. The van der Waals surface area contributed by atoms with Crippen LogP contribution >= 0.6 is 0 Å². The van der Waals surface area contributed by atoms with Crippen molar-refractivity contribution in [3.63, 3.8) is 0 Å². The zero-order chi connectivity index (χ0) is 31.3. The second kappa shape index (κ2) is 11.0. The number of para-hydroxylation sites is 1. The third-order valence-electron chi connectivity index (χ3n) is 8.42. The summed E-state index contributed by atoms with van der Waals surface area (Å²) in [6, 6.07) is 12.9. The first kappa shape index (κ1) is 29.7. The van der Waals surface area contributed by atoms with E-state index in [1.807, 2.05) is 24.3 Å². The summed E-state index contributed by atoms with van der Waals surface area (Å²) in [5.74, 6) is 0.443. The number of amidine groups is 1. The molecule has 1 fully saturated rings. The molecule has 3 aromatic rings. The lowest BCUT2D eigenvalue weighted by molar-refractivity contribution is -0.274. The van der Waals surface area contributed by atoms with Gasteiger partial charge in [-0.1, -0.05) is 56.3 Å². The van der Waals surface area contributed by atoms with Gasteiger partial charge in [0.05, 0.1) is 6.42 Å². The number of benzene rings is 2. The van der Waals surface area contributed by atoms with Crippen LogP contribution in [0.5, 0.6) is 11.5 Å². The molecule has 14 heteroatoms. The van der Waals surface area contributed by atoms with Crippen molar-refractivity contribution in [2.24, 2.45) is 10.6 Å². The average Bonchev–Trinajstić information content (AvgIpc) is 3.62. The molecule has 0 aliphatic carbocycles. The minimum absolute atomic E-state index is 0.0561. The summed E-state index contributed by atoms with van der Waals surface area (Å²) in [5.41, 5.74) is 0.806. The number of aliphatic carboxylic acids is 1. The SMILES string of the molecule is CC(C)(C)C(C(=O)O)n1nnc(C2CC(N3CCC4(CC3)CC(c3ccc(OC(F)(F)F)cc3)c3ccccc3O4)=NO2)n1. The molecule has 0 bridgehead atoms. The standard InChI is InChI=1S/C30H33F3N6O5/c1-28(2,3)25(27(40)41)39-35-26(34-37-39)23-16-24(36-44-23)38-14-12-29(13-15-38)17-21(20-6-4-5-7-22(20)43-29)18-8-10-19(11-9-18)42-30(31,32)33/h4-11,21,23,25H,12-17H2,1-3H3,(H,40,41). The summed E-state index contributed by atoms with van der Waals surface area (Å²) in [4.78, 5) is 20.8. The van der Waals surface area contributed by atoms with E-state index in [9.17, 15) is 23.1 Å². The molecule has 234 valence electrons. The van der Waals surface area contributed by atoms with Crippen LogP contribution in [0.15, 0.2) is 53.7 Å². The largest absolute Gasteiger partial charge is 0.573 e. The lowest BCUT2D eigenvalue weighted by atomic mass is 9.75. The molecule has 4 heterocycles. The minimum atomic E-state index is -4.75. The fourth-order valence-electron chi connectivity index (χ4n) is 6.28. The van der Waals surface area contributed by atoms with E-state index in [0.29, 0.717) is 38.8 Å². The Bertz CT molecular complexity index is 1540. The van der Waals surface area contributed by atoms with Gasteiger partial charge >= 0.3 is 12.3 Å². The highest BCUT2D eigenvalue weighted by Crippen LogP contribution is 2.48. The van der Waals surface area contributed by atoms with Gasteiger partial charge in [0.1, 0.15) is 22.9 Å². The number of carboxylic acid groups (broad SMARTS) is 1. The number of nitrogens with zero attached hydrogens (tertiary/aromatic N) is 6. The van der Waals surface area contributed by atoms with Crippen molar-refractivity contribution in [2.45, 2.75) is 76.5 Å². The van der Waals surface area contributed by atoms with Gasteiger partial charge in [0.15, 0.2) is 12.1 Å². The Balaban J connectivity index is 1.12. The van der Waals surface area contributed by atoms with Crippen LogP contribution in [0, 0.1) is 5.41 Å². The van der Waals surface area contributed by atoms with Crippen LogP contribution in [0.1, 0.15) is 81.5 Å². The summed E-state index contributed by atoms with van der Waals surface area (Å²) in [6.07, 6.45) is -2.81. The van der Waals surface area contributed by atoms with Gasteiger partial charge in [0, 0.05) is 37.4 Å². The maximum absolute atomic E-state index is 12.7. The number of aromatic nitrogens is 4. The lowest BCUT2D eigenvalue weighted by Gasteiger charge is -2.47. The third-order valence-corrected chi connectivity index (χ3v) is 8.42. The molecule has 1 spiro atoms. The van der Waals surface area contributed by atoms with Gasteiger partial charge in [-0.2, -0.15) is 0 Å². The van der Waals surface area contributed by atoms with Crippen LogP contribution in [0.25, 0.3) is 0 Å². The molecular weight excluding hydrogens is 581 g/mol. The molecule has 44 heavy (non-hydrogen) atoms. The van der Waals surface area contributed by atoms with Crippen molar-refractivity contribution in [3.8, 4) is 11.5 Å². The van der Waals surface area contributed by atoms with Crippen LogP contribution < -0.4 is 9.47 Å². The molecule has 11 nitrogen and oxygen atoms in total. The molecule has 3 unspecified atom stereocenters. The highest BCUT2D eigenvalue weighted by atomic mass is 19.4. The molecule has 6 rings (SSSR count). The molecular formula is C30H33F3N6O5. The van der Waals surface area contributed by atoms with Crippen molar-refractivity contribution in [1.29, 1.82) is 0 Å².